The third kappa shape index (κ3) is 3.72. The van der Waals surface area contributed by atoms with Crippen LogP contribution in [0.3, 0.4) is 0 Å². The Hall–Kier alpha value is -1.46. The summed E-state index contributed by atoms with van der Waals surface area (Å²) in [5.74, 6) is 1.54. The van der Waals surface area contributed by atoms with E-state index in [2.05, 4.69) is 23.7 Å². The van der Waals surface area contributed by atoms with E-state index < -0.39 is 0 Å². The highest BCUT2D eigenvalue weighted by molar-refractivity contribution is 7.71. The smallest absolute Gasteiger partial charge is 0.262 e. The first-order valence-electron chi connectivity index (χ1n) is 8.49. The molecule has 4 nitrogen and oxygen atoms in total. The van der Waals surface area contributed by atoms with Gasteiger partial charge in [-0.3, -0.25) is 9.36 Å². The van der Waals surface area contributed by atoms with E-state index in [0.717, 1.165) is 30.3 Å². The quantitative estimate of drug-likeness (QED) is 0.873. The molecule has 3 rings (SSSR count). The summed E-state index contributed by atoms with van der Waals surface area (Å²) in [7, 11) is 0. The van der Waals surface area contributed by atoms with Crippen LogP contribution >= 0.6 is 12.2 Å². The zero-order valence-electron chi connectivity index (χ0n) is 13.9. The number of H-pyrrole nitrogens is 1. The van der Waals surface area contributed by atoms with Gasteiger partial charge in [-0.15, -0.1) is 0 Å². The number of nitrogens with zero attached hydrogens (tertiary/aromatic N) is 2. The average Bonchev–Trinajstić information content (AvgIpc) is 2.49. The highest BCUT2D eigenvalue weighted by atomic mass is 32.1. The fourth-order valence-corrected chi connectivity index (χ4v) is 4.11. The van der Waals surface area contributed by atoms with Crippen LogP contribution < -0.4 is 5.56 Å². The maximum Gasteiger partial charge on any atom is 0.262 e. The maximum absolute atomic E-state index is 12.6. The summed E-state index contributed by atoms with van der Waals surface area (Å²) < 4.78 is 2.23. The molecule has 0 amide bonds. The van der Waals surface area contributed by atoms with Crippen LogP contribution in [0.15, 0.2) is 29.1 Å². The van der Waals surface area contributed by atoms with Crippen molar-refractivity contribution < 1.29 is 0 Å². The molecular weight excluding hydrogens is 306 g/mol. The number of para-hydroxylation sites is 1. The molecule has 0 saturated carbocycles. The van der Waals surface area contributed by atoms with Crippen LogP contribution in [-0.4, -0.2) is 34.1 Å². The molecule has 124 valence electrons. The van der Waals surface area contributed by atoms with Crippen molar-refractivity contribution in [3.63, 3.8) is 0 Å². The number of benzene rings is 1. The third-order valence-electron chi connectivity index (χ3n) is 4.69. The van der Waals surface area contributed by atoms with E-state index in [9.17, 15) is 4.79 Å². The first-order chi connectivity index (χ1) is 11.0. The van der Waals surface area contributed by atoms with Gasteiger partial charge in [-0.2, -0.15) is 0 Å². The summed E-state index contributed by atoms with van der Waals surface area (Å²) >= 11 is 5.37. The molecule has 0 bridgehead atoms. The van der Waals surface area contributed by atoms with Gasteiger partial charge in [0.05, 0.1) is 10.9 Å². The van der Waals surface area contributed by atoms with Gasteiger partial charge in [0.1, 0.15) is 0 Å². The molecule has 5 heteroatoms. The molecule has 0 aliphatic carbocycles. The van der Waals surface area contributed by atoms with E-state index in [-0.39, 0.29) is 5.56 Å². The fraction of sp³-hybridized carbons (Fsp3) is 0.556. The zero-order chi connectivity index (χ0) is 16.4. The molecule has 2 aromatic rings. The Balaban J connectivity index is 1.70. The molecule has 2 atom stereocenters. The summed E-state index contributed by atoms with van der Waals surface area (Å²) in [4.78, 5) is 18.3. The minimum absolute atomic E-state index is 0.0183. The minimum Gasteiger partial charge on any atom is -0.332 e. The van der Waals surface area contributed by atoms with Crippen LogP contribution in [0.1, 0.15) is 26.7 Å². The van der Waals surface area contributed by atoms with E-state index in [1.54, 1.807) is 4.57 Å². The first-order valence-corrected chi connectivity index (χ1v) is 8.89. The maximum atomic E-state index is 12.6. The second-order valence-corrected chi connectivity index (χ2v) is 7.38. The standard InChI is InChI=1S/C18H25N3OS/c1-13-10-14(2)12-20(11-13)8-5-9-21-17(22)15-6-3-4-7-16(15)19-18(21)23/h3-4,6-7,13-14H,5,8-12H2,1-2H3,(H,19,23)/t13-,14-/m0/s1. The lowest BCUT2D eigenvalue weighted by molar-refractivity contribution is 0.138. The van der Waals surface area contributed by atoms with Crippen molar-refractivity contribution in [2.24, 2.45) is 11.8 Å². The predicted molar refractivity (Wildman–Crippen MR) is 97.4 cm³/mol. The molecule has 1 aliphatic heterocycles. The van der Waals surface area contributed by atoms with E-state index in [1.165, 1.54) is 19.5 Å². The number of fused-ring (bicyclic) bond motifs is 1. The number of aromatic amines is 1. The molecule has 23 heavy (non-hydrogen) atoms. The number of rotatable bonds is 4. The number of hydrogen-bond donors (Lipinski definition) is 1. The van der Waals surface area contributed by atoms with Crippen molar-refractivity contribution in [2.45, 2.75) is 33.2 Å². The summed E-state index contributed by atoms with van der Waals surface area (Å²) in [6, 6.07) is 7.55. The van der Waals surface area contributed by atoms with Gasteiger partial charge in [0.2, 0.25) is 0 Å². The van der Waals surface area contributed by atoms with Gasteiger partial charge in [0, 0.05) is 19.6 Å². The highest BCUT2D eigenvalue weighted by Crippen LogP contribution is 2.20. The predicted octanol–water partition coefficient (Wildman–Crippen LogP) is 3.43. The average molecular weight is 331 g/mol. The third-order valence-corrected chi connectivity index (χ3v) is 5.01. The Morgan fingerprint density at radius 1 is 1.17 bits per heavy atom. The van der Waals surface area contributed by atoms with E-state index in [4.69, 9.17) is 12.2 Å². The number of aromatic nitrogens is 2. The molecule has 1 fully saturated rings. The largest absolute Gasteiger partial charge is 0.332 e. The van der Waals surface area contributed by atoms with Gasteiger partial charge in [-0.1, -0.05) is 26.0 Å². The van der Waals surface area contributed by atoms with Crippen LogP contribution in [0, 0.1) is 16.6 Å². The van der Waals surface area contributed by atoms with Gasteiger partial charge >= 0.3 is 0 Å². The van der Waals surface area contributed by atoms with Crippen molar-refractivity contribution >= 4 is 23.1 Å². The lowest BCUT2D eigenvalue weighted by Gasteiger charge is -2.34. The van der Waals surface area contributed by atoms with Gasteiger partial charge in [-0.25, -0.2) is 0 Å². The topological polar surface area (TPSA) is 41.0 Å². The highest BCUT2D eigenvalue weighted by Gasteiger charge is 2.21. The molecule has 2 heterocycles. The monoisotopic (exact) mass is 331 g/mol. The molecule has 1 aromatic carbocycles. The number of likely N-dealkylation sites (tertiary alicyclic amines) is 1. The van der Waals surface area contributed by atoms with E-state index in [1.807, 2.05) is 24.3 Å². The Kier molecular flexibility index (Phi) is 4.97. The van der Waals surface area contributed by atoms with Crippen molar-refractivity contribution in [1.82, 2.24) is 14.5 Å². The molecule has 1 aromatic heterocycles. The van der Waals surface area contributed by atoms with Gasteiger partial charge in [-0.05, 0) is 55.6 Å². The lowest BCUT2D eigenvalue weighted by atomic mass is 9.92. The molecular formula is C18H25N3OS. The Morgan fingerprint density at radius 2 is 1.87 bits per heavy atom. The van der Waals surface area contributed by atoms with Gasteiger partial charge in [0.25, 0.3) is 5.56 Å². The summed E-state index contributed by atoms with van der Waals surface area (Å²) in [5, 5.41) is 0.710. The summed E-state index contributed by atoms with van der Waals surface area (Å²) in [5.41, 5.74) is 0.835. The SMILES string of the molecule is C[C@H]1C[C@H](C)CN(CCCn2c(=S)[nH]c3ccccc3c2=O)C1. The van der Waals surface area contributed by atoms with Gasteiger partial charge in [0.15, 0.2) is 4.77 Å². The van der Waals surface area contributed by atoms with Crippen LogP contribution in [0.5, 0.6) is 0 Å². The molecule has 0 spiro atoms. The Labute approximate surface area is 142 Å². The van der Waals surface area contributed by atoms with Gasteiger partial charge < -0.3 is 9.88 Å². The van der Waals surface area contributed by atoms with Crippen LogP contribution in [-0.2, 0) is 6.54 Å². The van der Waals surface area contributed by atoms with E-state index in [0.29, 0.717) is 16.7 Å². The molecule has 1 saturated heterocycles. The summed E-state index contributed by atoms with van der Waals surface area (Å²) in [6.45, 7) is 8.70. The molecule has 1 aliphatic rings. The summed E-state index contributed by atoms with van der Waals surface area (Å²) in [6.07, 6.45) is 2.28. The van der Waals surface area contributed by atoms with Crippen LogP contribution in [0.4, 0.5) is 0 Å². The normalized spacial score (nSPS) is 22.5. The minimum atomic E-state index is 0.0183. The van der Waals surface area contributed by atoms with E-state index >= 15 is 0 Å². The molecule has 0 unspecified atom stereocenters. The second kappa shape index (κ2) is 6.97. The van der Waals surface area contributed by atoms with Crippen molar-refractivity contribution in [3.05, 3.63) is 39.4 Å². The molecule has 1 N–H and O–H groups in total. The lowest BCUT2D eigenvalue weighted by Crippen LogP contribution is -2.39. The molecule has 0 radical (unpaired) electrons. The Morgan fingerprint density at radius 3 is 2.61 bits per heavy atom. The fourth-order valence-electron chi connectivity index (χ4n) is 3.83. The van der Waals surface area contributed by atoms with Crippen molar-refractivity contribution in [3.8, 4) is 0 Å². The Bertz CT molecular complexity index is 785. The number of piperidine rings is 1. The van der Waals surface area contributed by atoms with Crippen LogP contribution in [0.2, 0.25) is 0 Å². The van der Waals surface area contributed by atoms with Crippen molar-refractivity contribution in [2.75, 3.05) is 19.6 Å². The first kappa shape index (κ1) is 16.4. The second-order valence-electron chi connectivity index (χ2n) is 6.99. The number of hydrogen-bond acceptors (Lipinski definition) is 3. The zero-order valence-corrected chi connectivity index (χ0v) is 14.7. The van der Waals surface area contributed by atoms with Crippen molar-refractivity contribution in [1.29, 1.82) is 0 Å². The van der Waals surface area contributed by atoms with Crippen LogP contribution in [0.25, 0.3) is 10.9 Å². The number of nitrogens with one attached hydrogen (secondary N) is 1.